The van der Waals surface area contributed by atoms with E-state index in [9.17, 15) is 4.79 Å². The van der Waals surface area contributed by atoms with Gasteiger partial charge in [-0.1, -0.05) is 17.7 Å². The van der Waals surface area contributed by atoms with E-state index in [0.717, 1.165) is 11.4 Å². The first-order chi connectivity index (χ1) is 7.65. The van der Waals surface area contributed by atoms with Gasteiger partial charge in [0.1, 0.15) is 0 Å². The maximum atomic E-state index is 11.7. The van der Waals surface area contributed by atoms with Gasteiger partial charge in [-0.25, -0.2) is 4.98 Å². The van der Waals surface area contributed by atoms with Gasteiger partial charge in [0.25, 0.3) is 5.91 Å². The van der Waals surface area contributed by atoms with E-state index >= 15 is 0 Å². The standard InChI is InChI=1S/C12H12N2OS/c1-8-3-5-10(6-4-8)14-11(15)12-13-9(2)7-16-12/h3-7H,1-2H3,(H,14,15). The fourth-order valence-electron chi connectivity index (χ4n) is 1.28. The normalized spacial score (nSPS) is 10.1. The molecule has 82 valence electrons. The quantitative estimate of drug-likeness (QED) is 0.864. The monoisotopic (exact) mass is 232 g/mol. The van der Waals surface area contributed by atoms with Gasteiger partial charge in [-0.2, -0.15) is 0 Å². The van der Waals surface area contributed by atoms with Crippen LogP contribution in [-0.4, -0.2) is 10.9 Å². The number of anilines is 1. The number of nitrogens with one attached hydrogen (secondary N) is 1. The molecule has 0 spiro atoms. The Morgan fingerprint density at radius 1 is 1.25 bits per heavy atom. The Balaban J connectivity index is 2.10. The van der Waals surface area contributed by atoms with Gasteiger partial charge in [-0.05, 0) is 26.0 Å². The van der Waals surface area contributed by atoms with Crippen molar-refractivity contribution in [3.63, 3.8) is 0 Å². The van der Waals surface area contributed by atoms with Crippen LogP contribution in [0.1, 0.15) is 21.1 Å². The number of carbonyl (C=O) groups excluding carboxylic acids is 1. The Kier molecular flexibility index (Phi) is 3.01. The van der Waals surface area contributed by atoms with Gasteiger partial charge in [0, 0.05) is 16.8 Å². The maximum Gasteiger partial charge on any atom is 0.284 e. The summed E-state index contributed by atoms with van der Waals surface area (Å²) in [6.45, 7) is 3.88. The number of rotatable bonds is 2. The molecule has 1 aromatic heterocycles. The fourth-order valence-corrected chi connectivity index (χ4v) is 1.97. The van der Waals surface area contributed by atoms with E-state index in [2.05, 4.69) is 10.3 Å². The van der Waals surface area contributed by atoms with Gasteiger partial charge in [0.05, 0.1) is 0 Å². The molecule has 0 unspecified atom stereocenters. The summed E-state index contributed by atoms with van der Waals surface area (Å²) in [5, 5.41) is 5.17. The van der Waals surface area contributed by atoms with Crippen molar-refractivity contribution in [1.29, 1.82) is 0 Å². The highest BCUT2D eigenvalue weighted by atomic mass is 32.1. The second-order valence-corrected chi connectivity index (χ2v) is 4.47. The van der Waals surface area contributed by atoms with Crippen molar-refractivity contribution >= 4 is 22.9 Å². The smallest absolute Gasteiger partial charge is 0.284 e. The number of amides is 1. The molecule has 2 aromatic rings. The average molecular weight is 232 g/mol. The topological polar surface area (TPSA) is 42.0 Å². The van der Waals surface area contributed by atoms with Crippen LogP contribution in [0.5, 0.6) is 0 Å². The second-order valence-electron chi connectivity index (χ2n) is 3.61. The molecule has 16 heavy (non-hydrogen) atoms. The summed E-state index contributed by atoms with van der Waals surface area (Å²) in [4.78, 5) is 15.9. The van der Waals surface area contributed by atoms with Gasteiger partial charge in [-0.15, -0.1) is 11.3 Å². The highest BCUT2D eigenvalue weighted by molar-refractivity contribution is 7.11. The zero-order valence-corrected chi connectivity index (χ0v) is 9.97. The predicted molar refractivity (Wildman–Crippen MR) is 66.0 cm³/mol. The fraction of sp³-hybridized carbons (Fsp3) is 0.167. The number of benzene rings is 1. The van der Waals surface area contributed by atoms with Crippen LogP contribution in [-0.2, 0) is 0 Å². The zero-order valence-electron chi connectivity index (χ0n) is 9.15. The molecule has 2 rings (SSSR count). The number of hydrogen-bond acceptors (Lipinski definition) is 3. The Morgan fingerprint density at radius 2 is 1.94 bits per heavy atom. The van der Waals surface area contributed by atoms with Crippen LogP contribution in [0.3, 0.4) is 0 Å². The van der Waals surface area contributed by atoms with Crippen LogP contribution < -0.4 is 5.32 Å². The lowest BCUT2D eigenvalue weighted by atomic mass is 10.2. The maximum absolute atomic E-state index is 11.7. The van der Waals surface area contributed by atoms with Crippen LogP contribution in [0.25, 0.3) is 0 Å². The van der Waals surface area contributed by atoms with Gasteiger partial charge in [-0.3, -0.25) is 4.79 Å². The lowest BCUT2D eigenvalue weighted by molar-refractivity contribution is 0.102. The number of aryl methyl sites for hydroxylation is 2. The Labute approximate surface area is 98.2 Å². The molecule has 0 atom stereocenters. The molecule has 1 N–H and O–H groups in total. The number of hydrogen-bond donors (Lipinski definition) is 1. The highest BCUT2D eigenvalue weighted by Gasteiger charge is 2.09. The highest BCUT2D eigenvalue weighted by Crippen LogP contribution is 2.13. The van der Waals surface area contributed by atoms with Crippen LogP contribution in [0.4, 0.5) is 5.69 Å². The van der Waals surface area contributed by atoms with E-state index in [-0.39, 0.29) is 5.91 Å². The van der Waals surface area contributed by atoms with Crippen molar-refractivity contribution in [1.82, 2.24) is 4.98 Å². The SMILES string of the molecule is Cc1ccc(NC(=O)c2nc(C)cs2)cc1. The molecule has 0 aliphatic rings. The van der Waals surface area contributed by atoms with E-state index in [1.165, 1.54) is 16.9 Å². The van der Waals surface area contributed by atoms with Gasteiger partial charge < -0.3 is 5.32 Å². The molecule has 4 heteroatoms. The molecule has 0 saturated heterocycles. The van der Waals surface area contributed by atoms with Crippen LogP contribution in [0, 0.1) is 13.8 Å². The molecule has 1 aromatic carbocycles. The third-order valence-corrected chi connectivity index (χ3v) is 3.08. The Morgan fingerprint density at radius 3 is 2.50 bits per heavy atom. The summed E-state index contributed by atoms with van der Waals surface area (Å²) in [5.74, 6) is -0.151. The first kappa shape index (κ1) is 10.8. The summed E-state index contributed by atoms with van der Waals surface area (Å²) in [5.41, 5.74) is 2.84. The molecule has 1 heterocycles. The van der Waals surface area contributed by atoms with E-state index in [1.807, 2.05) is 43.5 Å². The summed E-state index contributed by atoms with van der Waals surface area (Å²) in [6, 6.07) is 7.69. The zero-order chi connectivity index (χ0) is 11.5. The average Bonchev–Trinajstić information content (AvgIpc) is 2.68. The molecule has 0 saturated carbocycles. The van der Waals surface area contributed by atoms with Crippen LogP contribution >= 0.6 is 11.3 Å². The lowest BCUT2D eigenvalue weighted by Crippen LogP contribution is -2.11. The first-order valence-corrected chi connectivity index (χ1v) is 5.83. The Hall–Kier alpha value is -1.68. The number of nitrogens with zero attached hydrogens (tertiary/aromatic N) is 1. The summed E-state index contributed by atoms with van der Waals surface area (Å²) >= 11 is 1.36. The number of carbonyl (C=O) groups is 1. The van der Waals surface area contributed by atoms with Crippen molar-refractivity contribution in [2.24, 2.45) is 0 Å². The van der Waals surface area contributed by atoms with Crippen molar-refractivity contribution in [2.45, 2.75) is 13.8 Å². The molecule has 0 radical (unpaired) electrons. The minimum atomic E-state index is -0.151. The molecule has 0 aliphatic heterocycles. The molecule has 0 aliphatic carbocycles. The minimum absolute atomic E-state index is 0.151. The van der Waals surface area contributed by atoms with Gasteiger partial charge in [0.2, 0.25) is 0 Å². The Bertz CT molecular complexity index is 502. The molecule has 1 amide bonds. The summed E-state index contributed by atoms with van der Waals surface area (Å²) in [7, 11) is 0. The summed E-state index contributed by atoms with van der Waals surface area (Å²) in [6.07, 6.45) is 0. The number of aromatic nitrogens is 1. The molecular formula is C12H12N2OS. The summed E-state index contributed by atoms with van der Waals surface area (Å²) < 4.78 is 0. The largest absolute Gasteiger partial charge is 0.320 e. The minimum Gasteiger partial charge on any atom is -0.320 e. The third-order valence-electron chi connectivity index (χ3n) is 2.12. The van der Waals surface area contributed by atoms with Crippen molar-refractivity contribution in [3.8, 4) is 0 Å². The number of thiazole rings is 1. The van der Waals surface area contributed by atoms with Crippen molar-refractivity contribution in [2.75, 3.05) is 5.32 Å². The van der Waals surface area contributed by atoms with E-state index < -0.39 is 0 Å². The molecule has 0 bridgehead atoms. The predicted octanol–water partition coefficient (Wildman–Crippen LogP) is 3.01. The molecule has 3 nitrogen and oxygen atoms in total. The van der Waals surface area contributed by atoms with Crippen LogP contribution in [0.15, 0.2) is 29.6 Å². The van der Waals surface area contributed by atoms with Crippen molar-refractivity contribution < 1.29 is 4.79 Å². The second kappa shape index (κ2) is 4.45. The lowest BCUT2D eigenvalue weighted by Gasteiger charge is -2.02. The third kappa shape index (κ3) is 2.46. The van der Waals surface area contributed by atoms with Crippen molar-refractivity contribution in [3.05, 3.63) is 45.9 Å². The van der Waals surface area contributed by atoms with E-state index in [4.69, 9.17) is 0 Å². The van der Waals surface area contributed by atoms with E-state index in [0.29, 0.717) is 5.01 Å². The molecule has 0 fully saturated rings. The van der Waals surface area contributed by atoms with Crippen LogP contribution in [0.2, 0.25) is 0 Å². The van der Waals surface area contributed by atoms with Gasteiger partial charge in [0.15, 0.2) is 5.01 Å². The van der Waals surface area contributed by atoms with E-state index in [1.54, 1.807) is 0 Å². The molecular weight excluding hydrogens is 220 g/mol. The first-order valence-electron chi connectivity index (χ1n) is 4.95. The van der Waals surface area contributed by atoms with Gasteiger partial charge >= 0.3 is 0 Å².